The van der Waals surface area contributed by atoms with Gasteiger partial charge in [0, 0.05) is 18.8 Å². The van der Waals surface area contributed by atoms with Gasteiger partial charge in [-0.2, -0.15) is 4.31 Å². The van der Waals surface area contributed by atoms with E-state index in [4.69, 9.17) is 5.73 Å². The quantitative estimate of drug-likeness (QED) is 0.829. The van der Waals surface area contributed by atoms with Crippen LogP contribution in [0.2, 0.25) is 0 Å². The van der Waals surface area contributed by atoms with Gasteiger partial charge in [0.15, 0.2) is 9.84 Å². The van der Waals surface area contributed by atoms with E-state index in [1.54, 1.807) is 0 Å². The number of nitrogens with zero attached hydrogens (tertiary/aromatic N) is 1. The SMILES string of the molecule is CS(=O)(=O)c1ccc(N)c(S(=O)(=O)N2CC3CCC2C3)c1. The van der Waals surface area contributed by atoms with E-state index < -0.39 is 19.9 Å². The highest BCUT2D eigenvalue weighted by Crippen LogP contribution is 2.41. The first-order chi connectivity index (χ1) is 9.69. The van der Waals surface area contributed by atoms with Crippen molar-refractivity contribution in [3.05, 3.63) is 18.2 Å². The van der Waals surface area contributed by atoms with Gasteiger partial charge in [0.1, 0.15) is 4.90 Å². The van der Waals surface area contributed by atoms with Gasteiger partial charge >= 0.3 is 0 Å². The van der Waals surface area contributed by atoms with Gasteiger partial charge in [-0.05, 0) is 43.4 Å². The molecule has 2 fully saturated rings. The lowest BCUT2D eigenvalue weighted by molar-refractivity contribution is 0.333. The third kappa shape index (κ3) is 2.45. The molecule has 2 atom stereocenters. The number of hydrogen-bond donors (Lipinski definition) is 1. The molecule has 2 N–H and O–H groups in total. The van der Waals surface area contributed by atoms with Gasteiger partial charge in [0.2, 0.25) is 10.0 Å². The molecule has 2 unspecified atom stereocenters. The van der Waals surface area contributed by atoms with Gasteiger partial charge in [-0.15, -0.1) is 0 Å². The van der Waals surface area contributed by atoms with Crippen molar-refractivity contribution in [1.29, 1.82) is 0 Å². The number of fused-ring (bicyclic) bond motifs is 2. The molecule has 0 radical (unpaired) electrons. The van der Waals surface area contributed by atoms with Crippen LogP contribution in [0.1, 0.15) is 19.3 Å². The lowest BCUT2D eigenvalue weighted by atomic mass is 10.1. The van der Waals surface area contributed by atoms with Crippen LogP contribution >= 0.6 is 0 Å². The first kappa shape index (κ1) is 14.8. The molecule has 2 aliphatic rings. The lowest BCUT2D eigenvalue weighted by Gasteiger charge is -2.26. The number of anilines is 1. The first-order valence-electron chi connectivity index (χ1n) is 6.81. The summed E-state index contributed by atoms with van der Waals surface area (Å²) in [6.07, 6.45) is 3.88. The fraction of sp³-hybridized carbons (Fsp3) is 0.538. The summed E-state index contributed by atoms with van der Waals surface area (Å²) in [4.78, 5) is -0.127. The highest BCUT2D eigenvalue weighted by atomic mass is 32.2. The molecular weight excluding hydrogens is 312 g/mol. The lowest BCUT2D eigenvalue weighted by Crippen LogP contribution is -2.38. The average Bonchev–Trinajstić information content (AvgIpc) is 3.00. The van der Waals surface area contributed by atoms with Crippen LogP contribution in [0.5, 0.6) is 0 Å². The molecule has 3 rings (SSSR count). The number of hydrogen-bond acceptors (Lipinski definition) is 5. The van der Waals surface area contributed by atoms with E-state index in [0.29, 0.717) is 12.5 Å². The molecule has 1 saturated heterocycles. The minimum atomic E-state index is -3.74. The molecule has 1 aromatic rings. The predicted molar refractivity (Wildman–Crippen MR) is 79.0 cm³/mol. The zero-order valence-electron chi connectivity index (χ0n) is 11.7. The number of sulfone groups is 1. The Kier molecular flexibility index (Phi) is 3.30. The highest BCUT2D eigenvalue weighted by Gasteiger charge is 2.44. The fourth-order valence-corrected chi connectivity index (χ4v) is 5.88. The van der Waals surface area contributed by atoms with Crippen molar-refractivity contribution in [2.45, 2.75) is 35.1 Å². The van der Waals surface area contributed by atoms with Gasteiger partial charge in [-0.25, -0.2) is 16.8 Å². The minimum Gasteiger partial charge on any atom is -0.398 e. The van der Waals surface area contributed by atoms with Gasteiger partial charge < -0.3 is 5.73 Å². The normalized spacial score (nSPS) is 26.3. The summed E-state index contributed by atoms with van der Waals surface area (Å²) in [6.45, 7) is 0.509. The summed E-state index contributed by atoms with van der Waals surface area (Å²) in [5, 5.41) is 0. The Morgan fingerprint density at radius 3 is 2.43 bits per heavy atom. The topological polar surface area (TPSA) is 97.5 Å². The van der Waals surface area contributed by atoms with Crippen molar-refractivity contribution < 1.29 is 16.8 Å². The van der Waals surface area contributed by atoms with Crippen LogP contribution in [0.3, 0.4) is 0 Å². The molecule has 2 bridgehead atoms. The van der Waals surface area contributed by atoms with Crippen LogP contribution in [0, 0.1) is 5.92 Å². The Hall–Kier alpha value is -1.12. The van der Waals surface area contributed by atoms with E-state index in [-0.39, 0.29) is 21.5 Å². The monoisotopic (exact) mass is 330 g/mol. The fourth-order valence-electron chi connectivity index (χ4n) is 3.27. The zero-order valence-corrected chi connectivity index (χ0v) is 13.3. The van der Waals surface area contributed by atoms with E-state index in [1.165, 1.54) is 22.5 Å². The second-order valence-electron chi connectivity index (χ2n) is 5.88. The molecule has 1 heterocycles. The molecule has 0 spiro atoms. The number of nitrogens with two attached hydrogens (primary N) is 1. The molecule has 116 valence electrons. The average molecular weight is 330 g/mol. The smallest absolute Gasteiger partial charge is 0.245 e. The van der Waals surface area contributed by atoms with E-state index in [0.717, 1.165) is 25.5 Å². The standard InChI is InChI=1S/C13H18N2O4S2/c1-20(16,17)11-4-5-12(14)13(7-11)21(18,19)15-8-9-2-3-10(15)6-9/h4-5,7,9-10H,2-3,6,8,14H2,1H3. The third-order valence-electron chi connectivity index (χ3n) is 4.36. The summed E-state index contributed by atoms with van der Waals surface area (Å²) in [5.74, 6) is 0.420. The summed E-state index contributed by atoms with van der Waals surface area (Å²) >= 11 is 0. The van der Waals surface area contributed by atoms with Crippen molar-refractivity contribution in [2.24, 2.45) is 5.92 Å². The van der Waals surface area contributed by atoms with Gasteiger partial charge in [-0.1, -0.05) is 0 Å². The van der Waals surface area contributed by atoms with Gasteiger partial charge in [0.05, 0.1) is 10.6 Å². The maximum atomic E-state index is 12.8. The van der Waals surface area contributed by atoms with Crippen LogP contribution in [-0.4, -0.2) is 40.0 Å². The highest BCUT2D eigenvalue weighted by molar-refractivity contribution is 7.91. The van der Waals surface area contributed by atoms with E-state index in [9.17, 15) is 16.8 Å². The Balaban J connectivity index is 2.07. The van der Waals surface area contributed by atoms with Crippen LogP contribution < -0.4 is 5.73 Å². The molecule has 1 aromatic carbocycles. The third-order valence-corrected chi connectivity index (χ3v) is 7.44. The minimum absolute atomic E-state index is 0.0281. The molecule has 6 nitrogen and oxygen atoms in total. The molecule has 0 aromatic heterocycles. The maximum absolute atomic E-state index is 12.8. The number of rotatable bonds is 3. The molecule has 1 saturated carbocycles. The maximum Gasteiger partial charge on any atom is 0.245 e. The molecule has 21 heavy (non-hydrogen) atoms. The summed E-state index contributed by atoms with van der Waals surface area (Å²) in [6, 6.07) is 3.88. The number of piperidine rings is 1. The van der Waals surface area contributed by atoms with Gasteiger partial charge in [0.25, 0.3) is 0 Å². The molecule has 8 heteroatoms. The van der Waals surface area contributed by atoms with Crippen LogP contribution in [0.15, 0.2) is 28.0 Å². The number of nitrogen functional groups attached to an aromatic ring is 1. The molecule has 0 amide bonds. The van der Waals surface area contributed by atoms with Crippen LogP contribution in [0.4, 0.5) is 5.69 Å². The number of sulfonamides is 1. The van der Waals surface area contributed by atoms with E-state index >= 15 is 0 Å². The molecule has 1 aliphatic carbocycles. The summed E-state index contributed by atoms with van der Waals surface area (Å²) < 4.78 is 50.3. The van der Waals surface area contributed by atoms with E-state index in [1.807, 2.05) is 0 Å². The van der Waals surface area contributed by atoms with Crippen molar-refractivity contribution in [3.63, 3.8) is 0 Å². The zero-order chi connectivity index (χ0) is 15.4. The molecule has 1 aliphatic heterocycles. The van der Waals surface area contributed by atoms with Crippen LogP contribution in [0.25, 0.3) is 0 Å². The first-order valence-corrected chi connectivity index (χ1v) is 10.1. The summed E-state index contributed by atoms with van der Waals surface area (Å²) in [7, 11) is -7.21. The van der Waals surface area contributed by atoms with Gasteiger partial charge in [-0.3, -0.25) is 0 Å². The predicted octanol–water partition coefficient (Wildman–Crippen LogP) is 0.845. The summed E-state index contributed by atoms with van der Waals surface area (Å²) in [5.41, 5.74) is 5.87. The van der Waals surface area contributed by atoms with E-state index in [2.05, 4.69) is 0 Å². The molecular formula is C13H18N2O4S2. The van der Waals surface area contributed by atoms with Crippen LogP contribution in [-0.2, 0) is 19.9 Å². The second kappa shape index (κ2) is 4.69. The largest absolute Gasteiger partial charge is 0.398 e. The van der Waals surface area contributed by atoms with Crippen molar-refractivity contribution in [3.8, 4) is 0 Å². The Labute approximate surface area is 124 Å². The number of benzene rings is 1. The Bertz CT molecular complexity index is 786. The van der Waals surface area contributed by atoms with Crippen molar-refractivity contribution >= 4 is 25.5 Å². The Morgan fingerprint density at radius 1 is 1.19 bits per heavy atom. The second-order valence-corrected chi connectivity index (χ2v) is 9.75. The van der Waals surface area contributed by atoms with Crippen molar-refractivity contribution in [1.82, 2.24) is 4.31 Å². The Morgan fingerprint density at radius 2 is 1.90 bits per heavy atom. The van der Waals surface area contributed by atoms with Crippen molar-refractivity contribution in [2.75, 3.05) is 18.5 Å².